The van der Waals surface area contributed by atoms with E-state index in [1.807, 2.05) is 84.9 Å². The molecule has 226 valence electrons. The van der Waals surface area contributed by atoms with Crippen LogP contribution < -0.4 is 19.3 Å². The summed E-state index contributed by atoms with van der Waals surface area (Å²) in [7, 11) is 0. The van der Waals surface area contributed by atoms with Crippen LogP contribution in [-0.4, -0.2) is 57.6 Å². The summed E-state index contributed by atoms with van der Waals surface area (Å²) in [4.78, 5) is 48.7. The molecule has 2 bridgehead atoms. The minimum absolute atomic E-state index is 0.0768. The molecule has 4 aromatic carbocycles. The molecule has 2 fully saturated rings. The van der Waals surface area contributed by atoms with Crippen molar-refractivity contribution in [3.63, 3.8) is 0 Å². The molecule has 1 N–H and O–H groups in total. The average molecular weight is 603 g/mol. The Morgan fingerprint density at radius 3 is 1.67 bits per heavy atom. The number of para-hydroxylation sites is 6. The van der Waals surface area contributed by atoms with Gasteiger partial charge in [-0.15, -0.1) is 0 Å². The summed E-state index contributed by atoms with van der Waals surface area (Å²) in [5.74, 6) is -0.0516. The molecule has 2 saturated heterocycles. The van der Waals surface area contributed by atoms with Crippen molar-refractivity contribution < 1.29 is 29.0 Å². The van der Waals surface area contributed by atoms with E-state index in [2.05, 4.69) is 0 Å². The number of anilines is 4. The average Bonchev–Trinajstić information content (AvgIpc) is 3.19. The van der Waals surface area contributed by atoms with Crippen molar-refractivity contribution in [1.82, 2.24) is 9.80 Å². The maximum Gasteiger partial charge on any atom is 0.330 e. The number of ether oxygens (including phenoxy) is 2. The van der Waals surface area contributed by atoms with Crippen LogP contribution in [0.3, 0.4) is 0 Å². The van der Waals surface area contributed by atoms with Gasteiger partial charge in [0.05, 0.1) is 34.8 Å². The van der Waals surface area contributed by atoms with Crippen LogP contribution >= 0.6 is 0 Å². The third-order valence-electron chi connectivity index (χ3n) is 9.20. The van der Waals surface area contributed by atoms with E-state index >= 15 is 0 Å². The summed E-state index contributed by atoms with van der Waals surface area (Å²) in [5.41, 5.74) is 4.12. The zero-order chi connectivity index (χ0) is 30.7. The highest BCUT2D eigenvalue weighted by atomic mass is 16.5. The Balaban J connectivity index is 1.18. The molecule has 0 radical (unpaired) electrons. The standard InChI is InChI=1S/C35H30N4O6/c40-33(41)32-29-18-17-24(37(29)35(43)39-26-12-4-2-10-23(26)21-45-31-16-8-6-14-28(31)39)19-36(32)34(42)38-25-11-3-1-9-22(25)20-44-30-15-7-5-13-27(30)38/h1-16,24,29,32H,17-21H2,(H,40,41)/t24-,29+,32-/m0/s1. The molecule has 8 rings (SSSR count). The van der Waals surface area contributed by atoms with E-state index in [0.29, 0.717) is 53.7 Å². The predicted molar refractivity (Wildman–Crippen MR) is 166 cm³/mol. The molecular formula is C35H30N4O6. The Labute approximate surface area is 259 Å². The summed E-state index contributed by atoms with van der Waals surface area (Å²) in [6.07, 6.45) is 1.04. The van der Waals surface area contributed by atoms with Crippen molar-refractivity contribution >= 4 is 40.8 Å². The van der Waals surface area contributed by atoms with Crippen LogP contribution in [0.4, 0.5) is 32.3 Å². The van der Waals surface area contributed by atoms with Gasteiger partial charge >= 0.3 is 18.0 Å². The van der Waals surface area contributed by atoms with Gasteiger partial charge in [-0.25, -0.2) is 14.4 Å². The quantitative estimate of drug-likeness (QED) is 0.275. The van der Waals surface area contributed by atoms with Crippen LogP contribution in [-0.2, 0) is 18.0 Å². The van der Waals surface area contributed by atoms with Gasteiger partial charge in [-0.2, -0.15) is 0 Å². The van der Waals surface area contributed by atoms with E-state index in [4.69, 9.17) is 9.47 Å². The van der Waals surface area contributed by atoms with Gasteiger partial charge in [-0.05, 0) is 49.2 Å². The minimum atomic E-state index is -1.25. The number of carbonyl (C=O) groups excluding carboxylic acids is 2. The molecule has 0 aromatic heterocycles. The number of benzene rings is 4. The molecule has 4 aliphatic heterocycles. The molecule has 0 aliphatic carbocycles. The van der Waals surface area contributed by atoms with Gasteiger partial charge in [0.1, 0.15) is 24.7 Å². The number of rotatable bonds is 1. The lowest BCUT2D eigenvalue weighted by Crippen LogP contribution is -2.67. The third kappa shape index (κ3) is 4.28. The van der Waals surface area contributed by atoms with Crippen molar-refractivity contribution in [3.05, 3.63) is 108 Å². The first-order valence-electron chi connectivity index (χ1n) is 15.1. The number of amides is 4. The largest absolute Gasteiger partial charge is 0.487 e. The predicted octanol–water partition coefficient (Wildman–Crippen LogP) is 6.29. The number of carboxylic acid groups (broad SMARTS) is 1. The van der Waals surface area contributed by atoms with Gasteiger partial charge in [-0.1, -0.05) is 60.7 Å². The fourth-order valence-electron chi connectivity index (χ4n) is 7.20. The molecule has 4 amide bonds. The number of carbonyl (C=O) groups is 3. The van der Waals surface area contributed by atoms with Gasteiger partial charge < -0.3 is 24.4 Å². The maximum absolute atomic E-state index is 14.7. The summed E-state index contributed by atoms with van der Waals surface area (Å²) in [6, 6.07) is 26.6. The molecule has 0 unspecified atom stereocenters. The van der Waals surface area contributed by atoms with Gasteiger partial charge in [0.2, 0.25) is 0 Å². The third-order valence-corrected chi connectivity index (χ3v) is 9.20. The van der Waals surface area contributed by atoms with Gasteiger partial charge in [0, 0.05) is 17.7 Å². The zero-order valence-corrected chi connectivity index (χ0v) is 24.3. The molecule has 4 aromatic rings. The maximum atomic E-state index is 14.7. The van der Waals surface area contributed by atoms with Crippen LogP contribution in [0.2, 0.25) is 0 Å². The lowest BCUT2D eigenvalue weighted by molar-refractivity contribution is -0.145. The first kappa shape index (κ1) is 27.1. The van der Waals surface area contributed by atoms with Crippen molar-refractivity contribution in [1.29, 1.82) is 0 Å². The summed E-state index contributed by atoms with van der Waals surface area (Å²) in [5, 5.41) is 10.7. The van der Waals surface area contributed by atoms with E-state index in [9.17, 15) is 19.5 Å². The van der Waals surface area contributed by atoms with Crippen molar-refractivity contribution in [3.8, 4) is 11.5 Å². The second-order valence-electron chi connectivity index (χ2n) is 11.6. The van der Waals surface area contributed by atoms with Gasteiger partial charge in [-0.3, -0.25) is 9.80 Å². The number of aliphatic carboxylic acids is 1. The molecular weight excluding hydrogens is 572 g/mol. The molecule has 4 aliphatic rings. The fourth-order valence-corrected chi connectivity index (χ4v) is 7.20. The zero-order valence-electron chi connectivity index (χ0n) is 24.3. The van der Waals surface area contributed by atoms with E-state index in [-0.39, 0.29) is 25.2 Å². The minimum Gasteiger partial charge on any atom is -0.487 e. The Bertz CT molecular complexity index is 1750. The topological polar surface area (TPSA) is 103 Å². The van der Waals surface area contributed by atoms with Crippen molar-refractivity contribution in [2.75, 3.05) is 16.3 Å². The van der Waals surface area contributed by atoms with E-state index in [1.165, 1.54) is 4.90 Å². The van der Waals surface area contributed by atoms with Crippen molar-refractivity contribution in [2.24, 2.45) is 0 Å². The summed E-state index contributed by atoms with van der Waals surface area (Å²) < 4.78 is 12.1. The molecule has 0 saturated carbocycles. The fraction of sp³-hybridized carbons (Fsp3) is 0.229. The van der Waals surface area contributed by atoms with Crippen LogP contribution in [0.25, 0.3) is 0 Å². The van der Waals surface area contributed by atoms with E-state index in [0.717, 1.165) is 11.1 Å². The molecule has 3 atom stereocenters. The van der Waals surface area contributed by atoms with E-state index in [1.54, 1.807) is 26.8 Å². The molecule has 0 spiro atoms. The molecule has 4 heterocycles. The molecule has 10 heteroatoms. The van der Waals surface area contributed by atoms with Crippen LogP contribution in [0.15, 0.2) is 97.1 Å². The first-order chi connectivity index (χ1) is 22.0. The Kier molecular flexibility index (Phi) is 6.37. The van der Waals surface area contributed by atoms with Gasteiger partial charge in [0.15, 0.2) is 6.04 Å². The highest BCUT2D eigenvalue weighted by Crippen LogP contribution is 2.45. The second kappa shape index (κ2) is 10.6. The highest BCUT2D eigenvalue weighted by Gasteiger charge is 2.55. The molecule has 10 nitrogen and oxygen atoms in total. The number of hydrogen-bond acceptors (Lipinski definition) is 5. The number of likely N-dealkylation sites (tertiary alicyclic amines) is 1. The summed E-state index contributed by atoms with van der Waals surface area (Å²) in [6.45, 7) is 0.648. The summed E-state index contributed by atoms with van der Waals surface area (Å²) >= 11 is 0. The Morgan fingerprint density at radius 1 is 0.622 bits per heavy atom. The second-order valence-corrected chi connectivity index (χ2v) is 11.6. The Morgan fingerprint density at radius 2 is 1.11 bits per heavy atom. The van der Waals surface area contributed by atoms with Crippen LogP contribution in [0, 0.1) is 0 Å². The number of urea groups is 2. The van der Waals surface area contributed by atoms with Crippen LogP contribution in [0.1, 0.15) is 24.0 Å². The number of piperazine rings is 1. The monoisotopic (exact) mass is 602 g/mol. The smallest absolute Gasteiger partial charge is 0.330 e. The van der Waals surface area contributed by atoms with Gasteiger partial charge in [0.25, 0.3) is 0 Å². The number of nitrogens with zero attached hydrogens (tertiary/aromatic N) is 4. The highest BCUT2D eigenvalue weighted by molar-refractivity contribution is 6.05. The van der Waals surface area contributed by atoms with E-state index < -0.39 is 24.1 Å². The molecule has 45 heavy (non-hydrogen) atoms. The SMILES string of the molecule is O=C(O)[C@@H]1[C@H]2CC[C@@H](CN1C(=O)N1c3ccccc3COc3ccccc31)N2C(=O)N1c2ccccc2COc2ccccc21. The normalized spacial score (nSPS) is 21.2. The number of carboxylic acids is 1. The lowest BCUT2D eigenvalue weighted by atomic mass is 10.0. The first-order valence-corrected chi connectivity index (χ1v) is 15.1. The van der Waals surface area contributed by atoms with Crippen LogP contribution in [0.5, 0.6) is 11.5 Å². The Hall–Kier alpha value is -5.51. The lowest BCUT2D eigenvalue weighted by Gasteiger charge is -2.47. The number of hydrogen-bond donors (Lipinski definition) is 1. The number of fused-ring (bicyclic) bond motifs is 6. The van der Waals surface area contributed by atoms with Crippen molar-refractivity contribution in [2.45, 2.75) is 44.2 Å².